The summed E-state index contributed by atoms with van der Waals surface area (Å²) in [5, 5.41) is 4.66. The second kappa shape index (κ2) is 7.37. The lowest BCUT2D eigenvalue weighted by atomic mass is 9.97. The van der Waals surface area contributed by atoms with E-state index in [1.165, 1.54) is 19.3 Å². The van der Waals surface area contributed by atoms with Gasteiger partial charge in [0.25, 0.3) is 0 Å². The normalized spacial score (nSPS) is 20.5. The summed E-state index contributed by atoms with van der Waals surface area (Å²) in [4.78, 5) is 0. The second-order valence-corrected chi connectivity index (χ2v) is 6.03. The SMILES string of the molecule is CCCC[C@@H](Oc1cc(Cl)cc(Cl)c1)[C@H]1CCNC1. The van der Waals surface area contributed by atoms with Crippen molar-refractivity contribution < 1.29 is 4.74 Å². The van der Waals surface area contributed by atoms with Crippen molar-refractivity contribution in [2.75, 3.05) is 13.1 Å². The molecule has 1 aliphatic heterocycles. The van der Waals surface area contributed by atoms with E-state index in [1.807, 2.05) is 12.1 Å². The maximum Gasteiger partial charge on any atom is 0.122 e. The van der Waals surface area contributed by atoms with Gasteiger partial charge in [0.1, 0.15) is 11.9 Å². The maximum absolute atomic E-state index is 6.15. The fourth-order valence-corrected chi connectivity index (χ4v) is 3.07. The second-order valence-electron chi connectivity index (χ2n) is 5.16. The van der Waals surface area contributed by atoms with Gasteiger partial charge >= 0.3 is 0 Å². The zero-order valence-electron chi connectivity index (χ0n) is 11.3. The van der Waals surface area contributed by atoms with Gasteiger partial charge in [-0.1, -0.05) is 43.0 Å². The molecule has 0 radical (unpaired) electrons. The van der Waals surface area contributed by atoms with Crippen LogP contribution in [0.25, 0.3) is 0 Å². The fraction of sp³-hybridized carbons (Fsp3) is 0.600. The highest BCUT2D eigenvalue weighted by Crippen LogP contribution is 2.28. The summed E-state index contributed by atoms with van der Waals surface area (Å²) in [6.07, 6.45) is 4.91. The van der Waals surface area contributed by atoms with Crippen LogP contribution in [0.15, 0.2) is 18.2 Å². The van der Waals surface area contributed by atoms with Gasteiger partial charge in [-0.25, -0.2) is 0 Å². The molecule has 1 aromatic rings. The highest BCUT2D eigenvalue weighted by atomic mass is 35.5. The molecule has 0 unspecified atom stereocenters. The van der Waals surface area contributed by atoms with Crippen LogP contribution >= 0.6 is 23.2 Å². The Balaban J connectivity index is 2.05. The van der Waals surface area contributed by atoms with Crippen LogP contribution < -0.4 is 10.1 Å². The molecule has 19 heavy (non-hydrogen) atoms. The van der Waals surface area contributed by atoms with E-state index in [-0.39, 0.29) is 6.10 Å². The lowest BCUT2D eigenvalue weighted by molar-refractivity contribution is 0.130. The minimum Gasteiger partial charge on any atom is -0.490 e. The van der Waals surface area contributed by atoms with Gasteiger partial charge in [-0.05, 0) is 37.6 Å². The van der Waals surface area contributed by atoms with Gasteiger partial charge in [-0.2, -0.15) is 0 Å². The van der Waals surface area contributed by atoms with E-state index >= 15 is 0 Å². The first kappa shape index (κ1) is 15.0. The number of hydrogen-bond donors (Lipinski definition) is 1. The molecule has 106 valence electrons. The van der Waals surface area contributed by atoms with Crippen LogP contribution in [0.2, 0.25) is 10.0 Å². The van der Waals surface area contributed by atoms with Gasteiger partial charge in [0.15, 0.2) is 0 Å². The molecule has 0 aromatic heterocycles. The number of halogens is 2. The third kappa shape index (κ3) is 4.55. The third-order valence-electron chi connectivity index (χ3n) is 3.59. The molecule has 2 nitrogen and oxygen atoms in total. The quantitative estimate of drug-likeness (QED) is 0.833. The van der Waals surface area contributed by atoms with Crippen molar-refractivity contribution in [1.82, 2.24) is 5.32 Å². The Morgan fingerprint density at radius 1 is 1.32 bits per heavy atom. The molecule has 0 bridgehead atoms. The van der Waals surface area contributed by atoms with E-state index in [0.717, 1.165) is 25.3 Å². The monoisotopic (exact) mass is 301 g/mol. The highest BCUT2D eigenvalue weighted by Gasteiger charge is 2.26. The topological polar surface area (TPSA) is 21.3 Å². The number of benzene rings is 1. The molecular formula is C15H21Cl2NO. The first-order valence-electron chi connectivity index (χ1n) is 7.02. The van der Waals surface area contributed by atoms with E-state index in [4.69, 9.17) is 27.9 Å². The van der Waals surface area contributed by atoms with Crippen molar-refractivity contribution in [1.29, 1.82) is 0 Å². The van der Waals surface area contributed by atoms with Crippen LogP contribution in [-0.4, -0.2) is 19.2 Å². The largest absolute Gasteiger partial charge is 0.490 e. The molecule has 0 amide bonds. The van der Waals surface area contributed by atoms with E-state index in [9.17, 15) is 0 Å². The van der Waals surface area contributed by atoms with Crippen molar-refractivity contribution in [3.8, 4) is 5.75 Å². The van der Waals surface area contributed by atoms with Gasteiger partial charge in [0.2, 0.25) is 0 Å². The molecule has 1 fully saturated rings. The average molecular weight is 302 g/mol. The molecule has 1 aliphatic rings. The van der Waals surface area contributed by atoms with Crippen LogP contribution in [0.1, 0.15) is 32.6 Å². The number of ether oxygens (including phenoxy) is 1. The number of unbranched alkanes of at least 4 members (excludes halogenated alkanes) is 1. The van der Waals surface area contributed by atoms with Gasteiger partial charge in [-0.3, -0.25) is 0 Å². The van der Waals surface area contributed by atoms with Crippen LogP contribution in [0, 0.1) is 5.92 Å². The summed E-state index contributed by atoms with van der Waals surface area (Å²) in [6, 6.07) is 5.41. The molecule has 2 atom stereocenters. The smallest absolute Gasteiger partial charge is 0.122 e. The molecule has 1 heterocycles. The van der Waals surface area contributed by atoms with Gasteiger partial charge < -0.3 is 10.1 Å². The molecular weight excluding hydrogens is 281 g/mol. The first-order chi connectivity index (χ1) is 9.19. The Morgan fingerprint density at radius 2 is 2.05 bits per heavy atom. The van der Waals surface area contributed by atoms with E-state index in [2.05, 4.69) is 12.2 Å². The highest BCUT2D eigenvalue weighted by molar-refractivity contribution is 6.34. The molecule has 0 aliphatic carbocycles. The minimum absolute atomic E-state index is 0.254. The summed E-state index contributed by atoms with van der Waals surface area (Å²) >= 11 is 12.0. The van der Waals surface area contributed by atoms with Crippen molar-refractivity contribution in [3.63, 3.8) is 0 Å². The van der Waals surface area contributed by atoms with Gasteiger partial charge in [0, 0.05) is 22.5 Å². The Hall–Kier alpha value is -0.440. The third-order valence-corrected chi connectivity index (χ3v) is 4.03. The number of rotatable bonds is 6. The Morgan fingerprint density at radius 3 is 2.63 bits per heavy atom. The standard InChI is InChI=1S/C15H21Cl2NO/c1-2-3-4-15(11-5-6-18-10-11)19-14-8-12(16)7-13(17)9-14/h7-9,11,15,18H,2-6,10H2,1H3/t11-,15+/m0/s1. The van der Waals surface area contributed by atoms with Crippen LogP contribution in [0.4, 0.5) is 0 Å². The van der Waals surface area contributed by atoms with Crippen LogP contribution in [-0.2, 0) is 0 Å². The Kier molecular flexibility index (Phi) is 5.80. The van der Waals surface area contributed by atoms with Crippen molar-refractivity contribution in [2.24, 2.45) is 5.92 Å². The number of hydrogen-bond acceptors (Lipinski definition) is 2. The Labute approximate surface area is 125 Å². The maximum atomic E-state index is 6.15. The molecule has 1 aromatic carbocycles. The van der Waals surface area contributed by atoms with Crippen LogP contribution in [0.3, 0.4) is 0 Å². The lowest BCUT2D eigenvalue weighted by Gasteiger charge is -2.24. The molecule has 4 heteroatoms. The van der Waals surface area contributed by atoms with E-state index in [0.29, 0.717) is 16.0 Å². The summed E-state index contributed by atoms with van der Waals surface area (Å²) in [6.45, 7) is 4.34. The zero-order chi connectivity index (χ0) is 13.7. The summed E-state index contributed by atoms with van der Waals surface area (Å²) in [5.41, 5.74) is 0. The van der Waals surface area contributed by atoms with E-state index in [1.54, 1.807) is 6.07 Å². The first-order valence-corrected chi connectivity index (χ1v) is 7.78. The Bertz CT molecular complexity index is 385. The molecule has 1 N–H and O–H groups in total. The predicted octanol–water partition coefficient (Wildman–Crippen LogP) is 4.54. The summed E-state index contributed by atoms with van der Waals surface area (Å²) in [7, 11) is 0. The molecule has 0 spiro atoms. The average Bonchev–Trinajstić information content (AvgIpc) is 2.87. The van der Waals surface area contributed by atoms with Gasteiger partial charge in [-0.15, -0.1) is 0 Å². The fourth-order valence-electron chi connectivity index (χ4n) is 2.56. The lowest BCUT2D eigenvalue weighted by Crippen LogP contribution is -2.28. The summed E-state index contributed by atoms with van der Waals surface area (Å²) in [5.74, 6) is 1.37. The molecule has 1 saturated heterocycles. The van der Waals surface area contributed by atoms with Crippen molar-refractivity contribution in [2.45, 2.75) is 38.7 Å². The zero-order valence-corrected chi connectivity index (χ0v) is 12.8. The van der Waals surface area contributed by atoms with Crippen molar-refractivity contribution >= 4 is 23.2 Å². The predicted molar refractivity (Wildman–Crippen MR) is 81.4 cm³/mol. The van der Waals surface area contributed by atoms with Crippen LogP contribution in [0.5, 0.6) is 5.75 Å². The van der Waals surface area contributed by atoms with Gasteiger partial charge in [0.05, 0.1) is 0 Å². The minimum atomic E-state index is 0.254. The van der Waals surface area contributed by atoms with E-state index < -0.39 is 0 Å². The molecule has 2 rings (SSSR count). The van der Waals surface area contributed by atoms with Crippen molar-refractivity contribution in [3.05, 3.63) is 28.2 Å². The molecule has 0 saturated carbocycles. The summed E-state index contributed by atoms with van der Waals surface area (Å²) < 4.78 is 6.15. The number of nitrogens with one attached hydrogen (secondary N) is 1.